The molecule has 1 unspecified atom stereocenters. The van der Waals surface area contributed by atoms with Gasteiger partial charge in [0, 0.05) is 12.1 Å². The van der Waals surface area contributed by atoms with E-state index in [4.69, 9.17) is 0 Å². The van der Waals surface area contributed by atoms with Gasteiger partial charge in [-0.3, -0.25) is 4.90 Å². The van der Waals surface area contributed by atoms with E-state index < -0.39 is 0 Å². The van der Waals surface area contributed by atoms with Gasteiger partial charge in [0.25, 0.3) is 0 Å². The fourth-order valence-electron chi connectivity index (χ4n) is 2.82. The first-order valence-corrected chi connectivity index (χ1v) is 6.69. The second-order valence-corrected chi connectivity index (χ2v) is 5.23. The second kappa shape index (κ2) is 5.54. The van der Waals surface area contributed by atoms with Crippen molar-refractivity contribution < 1.29 is 5.11 Å². The van der Waals surface area contributed by atoms with Crippen LogP contribution in [0.3, 0.4) is 0 Å². The third kappa shape index (κ3) is 3.01. The summed E-state index contributed by atoms with van der Waals surface area (Å²) in [5.74, 6) is 0.367. The van der Waals surface area contributed by atoms with Gasteiger partial charge in [-0.1, -0.05) is 31.4 Å². The Morgan fingerprint density at radius 3 is 2.59 bits per heavy atom. The quantitative estimate of drug-likeness (QED) is 0.860. The third-order valence-corrected chi connectivity index (χ3v) is 4.11. The molecule has 2 heteroatoms. The Hall–Kier alpha value is -1.02. The van der Waals surface area contributed by atoms with E-state index in [9.17, 15) is 5.11 Å². The van der Waals surface area contributed by atoms with Crippen LogP contribution in [0.15, 0.2) is 24.3 Å². The molecule has 1 fully saturated rings. The minimum atomic E-state index is 0.367. The van der Waals surface area contributed by atoms with E-state index in [0.29, 0.717) is 17.8 Å². The van der Waals surface area contributed by atoms with Crippen LogP contribution >= 0.6 is 0 Å². The molecule has 0 heterocycles. The van der Waals surface area contributed by atoms with Gasteiger partial charge in [-0.05, 0) is 44.5 Å². The van der Waals surface area contributed by atoms with Gasteiger partial charge in [-0.15, -0.1) is 0 Å². The number of aromatic hydroxyl groups is 1. The number of hydrogen-bond donors (Lipinski definition) is 1. The minimum absolute atomic E-state index is 0.367. The van der Waals surface area contributed by atoms with Crippen molar-refractivity contribution in [3.05, 3.63) is 29.8 Å². The maximum Gasteiger partial charge on any atom is 0.115 e. The molecule has 2 nitrogen and oxygen atoms in total. The van der Waals surface area contributed by atoms with Gasteiger partial charge in [0.05, 0.1) is 0 Å². The summed E-state index contributed by atoms with van der Waals surface area (Å²) in [6.07, 6.45) is 6.76. The Kier molecular flexibility index (Phi) is 4.06. The van der Waals surface area contributed by atoms with Crippen LogP contribution in [0.4, 0.5) is 0 Å². The van der Waals surface area contributed by atoms with Crippen molar-refractivity contribution in [2.24, 2.45) is 0 Å². The number of phenolic OH excluding ortho intramolecular Hbond substituents is 1. The van der Waals surface area contributed by atoms with E-state index in [1.807, 2.05) is 12.1 Å². The lowest BCUT2D eigenvalue weighted by atomic mass is 9.93. The van der Waals surface area contributed by atoms with Crippen LogP contribution in [0, 0.1) is 0 Å². The molecule has 1 N–H and O–H groups in total. The van der Waals surface area contributed by atoms with Crippen LogP contribution in [0.2, 0.25) is 0 Å². The molecule has 0 bridgehead atoms. The maximum atomic E-state index is 9.54. The fourth-order valence-corrected chi connectivity index (χ4v) is 2.82. The molecule has 0 aliphatic heterocycles. The Labute approximate surface area is 104 Å². The summed E-state index contributed by atoms with van der Waals surface area (Å²) in [6.45, 7) is 2.23. The zero-order valence-electron chi connectivity index (χ0n) is 10.9. The number of hydrogen-bond acceptors (Lipinski definition) is 2. The van der Waals surface area contributed by atoms with Gasteiger partial charge < -0.3 is 5.11 Å². The number of nitrogens with zero attached hydrogens (tertiary/aromatic N) is 1. The van der Waals surface area contributed by atoms with Crippen molar-refractivity contribution >= 4 is 0 Å². The molecule has 1 aliphatic carbocycles. The molecule has 94 valence electrons. The predicted molar refractivity (Wildman–Crippen MR) is 71.2 cm³/mol. The van der Waals surface area contributed by atoms with Gasteiger partial charge in [-0.2, -0.15) is 0 Å². The van der Waals surface area contributed by atoms with Gasteiger partial charge in [0.15, 0.2) is 0 Å². The zero-order chi connectivity index (χ0) is 12.3. The highest BCUT2D eigenvalue weighted by molar-refractivity contribution is 5.29. The maximum absolute atomic E-state index is 9.54. The van der Waals surface area contributed by atoms with Crippen molar-refractivity contribution in [2.45, 2.75) is 51.1 Å². The Balaban J connectivity index is 2.05. The highest BCUT2D eigenvalue weighted by Gasteiger charge is 2.22. The summed E-state index contributed by atoms with van der Waals surface area (Å²) in [7, 11) is 2.21. The average Bonchev–Trinajstić information content (AvgIpc) is 2.38. The SMILES string of the molecule is CC(c1cccc(O)c1)N(C)C1CCCCC1. The van der Waals surface area contributed by atoms with Crippen molar-refractivity contribution in [1.29, 1.82) is 0 Å². The molecule has 17 heavy (non-hydrogen) atoms. The molecule has 1 aromatic rings. The summed E-state index contributed by atoms with van der Waals surface area (Å²) in [5, 5.41) is 9.54. The van der Waals surface area contributed by atoms with E-state index in [2.05, 4.69) is 24.9 Å². The summed E-state index contributed by atoms with van der Waals surface area (Å²) < 4.78 is 0. The lowest BCUT2D eigenvalue weighted by Crippen LogP contribution is -2.35. The molecule has 2 rings (SSSR count). The van der Waals surface area contributed by atoms with Crippen molar-refractivity contribution in [2.75, 3.05) is 7.05 Å². The first-order chi connectivity index (χ1) is 8.18. The topological polar surface area (TPSA) is 23.5 Å². The fraction of sp³-hybridized carbons (Fsp3) is 0.600. The number of benzene rings is 1. The molecule has 1 aromatic carbocycles. The molecule has 0 saturated heterocycles. The number of rotatable bonds is 3. The van der Waals surface area contributed by atoms with Crippen LogP contribution in [0.5, 0.6) is 5.75 Å². The summed E-state index contributed by atoms with van der Waals surface area (Å²) in [4.78, 5) is 2.47. The lowest BCUT2D eigenvalue weighted by molar-refractivity contribution is 0.146. The molecule has 0 radical (unpaired) electrons. The predicted octanol–water partition coefficient (Wildman–Crippen LogP) is 3.72. The summed E-state index contributed by atoms with van der Waals surface area (Å²) in [5.41, 5.74) is 1.21. The van der Waals surface area contributed by atoms with Gasteiger partial charge in [-0.25, -0.2) is 0 Å². The van der Waals surface area contributed by atoms with Crippen LogP contribution < -0.4 is 0 Å². The summed E-state index contributed by atoms with van der Waals surface area (Å²) >= 11 is 0. The average molecular weight is 233 g/mol. The minimum Gasteiger partial charge on any atom is -0.508 e. The molecule has 1 saturated carbocycles. The van der Waals surface area contributed by atoms with Crippen LogP contribution in [-0.2, 0) is 0 Å². The zero-order valence-corrected chi connectivity index (χ0v) is 10.9. The smallest absolute Gasteiger partial charge is 0.115 e. The lowest BCUT2D eigenvalue weighted by Gasteiger charge is -2.35. The van der Waals surface area contributed by atoms with E-state index in [1.165, 1.54) is 37.7 Å². The van der Waals surface area contributed by atoms with Crippen LogP contribution in [0.1, 0.15) is 50.6 Å². The third-order valence-electron chi connectivity index (χ3n) is 4.11. The molecule has 1 aliphatic rings. The highest BCUT2D eigenvalue weighted by atomic mass is 16.3. The van der Waals surface area contributed by atoms with E-state index in [-0.39, 0.29) is 0 Å². The molecule has 1 atom stereocenters. The van der Waals surface area contributed by atoms with Gasteiger partial charge >= 0.3 is 0 Å². The molecule has 0 amide bonds. The van der Waals surface area contributed by atoms with Gasteiger partial charge in [0.1, 0.15) is 5.75 Å². The number of phenols is 1. The normalized spacial score (nSPS) is 19.5. The second-order valence-electron chi connectivity index (χ2n) is 5.23. The van der Waals surface area contributed by atoms with E-state index >= 15 is 0 Å². The Bertz CT molecular complexity index is 358. The Morgan fingerprint density at radius 1 is 1.24 bits per heavy atom. The van der Waals surface area contributed by atoms with E-state index in [0.717, 1.165) is 0 Å². The van der Waals surface area contributed by atoms with Crippen LogP contribution in [-0.4, -0.2) is 23.1 Å². The van der Waals surface area contributed by atoms with Crippen molar-refractivity contribution in [1.82, 2.24) is 4.90 Å². The first-order valence-electron chi connectivity index (χ1n) is 6.69. The van der Waals surface area contributed by atoms with Crippen LogP contribution in [0.25, 0.3) is 0 Å². The standard InChI is InChI=1S/C15H23NO/c1-12(13-7-6-10-15(17)11-13)16(2)14-8-4-3-5-9-14/h6-7,10-12,14,17H,3-5,8-9H2,1-2H3. The molecular formula is C15H23NO. The molecular weight excluding hydrogens is 210 g/mol. The Morgan fingerprint density at radius 2 is 1.94 bits per heavy atom. The monoisotopic (exact) mass is 233 g/mol. The van der Waals surface area contributed by atoms with Crippen molar-refractivity contribution in [3.8, 4) is 5.75 Å². The largest absolute Gasteiger partial charge is 0.508 e. The van der Waals surface area contributed by atoms with Gasteiger partial charge in [0.2, 0.25) is 0 Å². The van der Waals surface area contributed by atoms with Crippen molar-refractivity contribution in [3.63, 3.8) is 0 Å². The molecule has 0 spiro atoms. The summed E-state index contributed by atoms with van der Waals surface area (Å²) in [6, 6.07) is 8.73. The highest BCUT2D eigenvalue weighted by Crippen LogP contribution is 2.29. The first kappa shape index (κ1) is 12.4. The van der Waals surface area contributed by atoms with E-state index in [1.54, 1.807) is 6.07 Å². The molecule has 0 aromatic heterocycles.